The highest BCUT2D eigenvalue weighted by atomic mass is 16.4. The highest BCUT2D eigenvalue weighted by Gasteiger charge is 2.19. The van der Waals surface area contributed by atoms with Gasteiger partial charge in [-0.15, -0.1) is 5.10 Å². The maximum atomic E-state index is 10.7. The first-order chi connectivity index (χ1) is 7.30. The molecule has 5 heteroatoms. The normalized spacial score (nSPS) is 13.5. The molecule has 5 nitrogen and oxygen atoms in total. The van der Waals surface area contributed by atoms with Crippen molar-refractivity contribution in [1.29, 1.82) is 0 Å². The Kier molecular flexibility index (Phi) is 3.57. The molecule has 1 aromatic rings. The van der Waals surface area contributed by atoms with E-state index in [0.717, 1.165) is 5.69 Å². The van der Waals surface area contributed by atoms with Crippen molar-refractivity contribution in [3.63, 3.8) is 0 Å². The van der Waals surface area contributed by atoms with Gasteiger partial charge >= 0.3 is 5.97 Å². The molecule has 0 saturated heterocycles. The van der Waals surface area contributed by atoms with Gasteiger partial charge in [-0.05, 0) is 0 Å². The third-order valence-corrected chi connectivity index (χ3v) is 2.28. The molecule has 1 atom stereocenters. The predicted octanol–water partition coefficient (Wildman–Crippen LogP) is 1.43. The van der Waals surface area contributed by atoms with Crippen LogP contribution in [-0.4, -0.2) is 26.3 Å². The van der Waals surface area contributed by atoms with E-state index in [0.29, 0.717) is 12.2 Å². The van der Waals surface area contributed by atoms with Crippen LogP contribution in [0.25, 0.3) is 0 Å². The van der Waals surface area contributed by atoms with Gasteiger partial charge in [0.2, 0.25) is 0 Å². The maximum absolute atomic E-state index is 10.7. The van der Waals surface area contributed by atoms with Gasteiger partial charge < -0.3 is 5.11 Å². The van der Waals surface area contributed by atoms with Crippen molar-refractivity contribution in [2.45, 2.75) is 39.5 Å². The lowest BCUT2D eigenvalue weighted by molar-refractivity contribution is -0.141. The van der Waals surface area contributed by atoms with Crippen LogP contribution < -0.4 is 0 Å². The van der Waals surface area contributed by atoms with Gasteiger partial charge in [0.25, 0.3) is 0 Å². The molecule has 0 amide bonds. The molecule has 0 fully saturated rings. The number of hydrogen-bond donors (Lipinski definition) is 1. The first kappa shape index (κ1) is 12.5. The van der Waals surface area contributed by atoms with Crippen molar-refractivity contribution in [3.05, 3.63) is 17.7 Å². The minimum Gasteiger partial charge on any atom is -0.481 e. The summed E-state index contributed by atoms with van der Waals surface area (Å²) in [6.07, 6.45) is 1.93. The molecule has 0 aliphatic heterocycles. The van der Waals surface area contributed by atoms with E-state index >= 15 is 0 Å². The Hall–Kier alpha value is -1.52. The van der Waals surface area contributed by atoms with Gasteiger partial charge in [0.1, 0.15) is 0 Å². The summed E-state index contributed by atoms with van der Waals surface area (Å²) in [7, 11) is 0. The van der Waals surface area contributed by atoms with E-state index in [2.05, 4.69) is 15.2 Å². The van der Waals surface area contributed by atoms with Gasteiger partial charge in [-0.2, -0.15) is 5.10 Å². The second-order valence-electron chi connectivity index (χ2n) is 4.95. The Balaban J connectivity index is 2.87. The fraction of sp³-hybridized carbons (Fsp3) is 0.636. The highest BCUT2D eigenvalue weighted by Crippen LogP contribution is 2.18. The monoisotopic (exact) mass is 223 g/mol. The lowest BCUT2D eigenvalue weighted by Crippen LogP contribution is -2.19. The third-order valence-electron chi connectivity index (χ3n) is 2.28. The van der Waals surface area contributed by atoms with E-state index in [1.807, 2.05) is 20.8 Å². The number of carbonyl (C=O) groups is 1. The Morgan fingerprint density at radius 3 is 2.62 bits per heavy atom. The number of carboxylic acid groups (broad SMARTS) is 1. The Bertz CT molecular complexity index is 385. The summed E-state index contributed by atoms with van der Waals surface area (Å²) in [5.74, 6) is -0.843. The molecule has 88 valence electrons. The topological polar surface area (TPSA) is 76.0 Å². The van der Waals surface area contributed by atoms with Gasteiger partial charge in [-0.25, -0.2) is 4.98 Å². The molecule has 1 unspecified atom stereocenters. The van der Waals surface area contributed by atoms with E-state index in [1.165, 1.54) is 0 Å². The molecule has 16 heavy (non-hydrogen) atoms. The molecule has 0 saturated carbocycles. The van der Waals surface area contributed by atoms with E-state index < -0.39 is 11.9 Å². The number of aliphatic carboxylic acids is 1. The van der Waals surface area contributed by atoms with Crippen molar-refractivity contribution in [3.8, 4) is 0 Å². The van der Waals surface area contributed by atoms with Gasteiger partial charge in [0.15, 0.2) is 5.82 Å². The van der Waals surface area contributed by atoms with Crippen LogP contribution in [-0.2, 0) is 16.6 Å². The SMILES string of the molecule is CC(Cc1nncc(C(C)(C)C)n1)C(=O)O. The zero-order valence-corrected chi connectivity index (χ0v) is 10.1. The summed E-state index contributed by atoms with van der Waals surface area (Å²) in [6, 6.07) is 0. The molecule has 0 aliphatic rings. The predicted molar refractivity (Wildman–Crippen MR) is 59.0 cm³/mol. The molecule has 0 spiro atoms. The van der Waals surface area contributed by atoms with Crippen molar-refractivity contribution >= 4 is 5.97 Å². The van der Waals surface area contributed by atoms with Gasteiger partial charge in [0, 0.05) is 11.8 Å². The second-order valence-corrected chi connectivity index (χ2v) is 4.95. The van der Waals surface area contributed by atoms with E-state index in [1.54, 1.807) is 13.1 Å². The van der Waals surface area contributed by atoms with Crippen LogP contribution in [0.1, 0.15) is 39.2 Å². The second kappa shape index (κ2) is 4.55. The average molecular weight is 223 g/mol. The molecule has 0 radical (unpaired) electrons. The standard InChI is InChI=1S/C11H17N3O2/c1-7(10(15)16)5-9-13-8(6-12-14-9)11(2,3)4/h6-7H,5H2,1-4H3,(H,15,16). The molecule has 0 aliphatic carbocycles. The number of hydrogen-bond acceptors (Lipinski definition) is 4. The lowest BCUT2D eigenvalue weighted by atomic mass is 9.93. The lowest BCUT2D eigenvalue weighted by Gasteiger charge is -2.17. The van der Waals surface area contributed by atoms with Gasteiger partial charge in [0.05, 0.1) is 17.8 Å². The Morgan fingerprint density at radius 1 is 1.50 bits per heavy atom. The molecular weight excluding hydrogens is 206 g/mol. The summed E-state index contributed by atoms with van der Waals surface area (Å²) in [6.45, 7) is 7.72. The Morgan fingerprint density at radius 2 is 2.12 bits per heavy atom. The fourth-order valence-electron chi connectivity index (χ4n) is 1.15. The van der Waals surface area contributed by atoms with Crippen molar-refractivity contribution in [1.82, 2.24) is 15.2 Å². The van der Waals surface area contributed by atoms with E-state index in [4.69, 9.17) is 5.11 Å². The molecular formula is C11H17N3O2. The maximum Gasteiger partial charge on any atom is 0.306 e. The zero-order valence-electron chi connectivity index (χ0n) is 10.1. The summed E-state index contributed by atoms with van der Waals surface area (Å²) >= 11 is 0. The quantitative estimate of drug-likeness (QED) is 0.838. The number of carboxylic acids is 1. The van der Waals surface area contributed by atoms with Crippen molar-refractivity contribution in [2.75, 3.05) is 0 Å². The van der Waals surface area contributed by atoms with Crippen LogP contribution in [0.4, 0.5) is 0 Å². The number of aromatic nitrogens is 3. The molecule has 1 heterocycles. The van der Waals surface area contributed by atoms with Crippen LogP contribution in [0, 0.1) is 5.92 Å². The van der Waals surface area contributed by atoms with Crippen molar-refractivity contribution < 1.29 is 9.90 Å². The first-order valence-corrected chi connectivity index (χ1v) is 5.22. The summed E-state index contributed by atoms with van der Waals surface area (Å²) in [4.78, 5) is 15.0. The van der Waals surface area contributed by atoms with E-state index in [-0.39, 0.29) is 5.41 Å². The smallest absolute Gasteiger partial charge is 0.306 e. The molecule has 1 aromatic heterocycles. The molecule has 0 bridgehead atoms. The van der Waals surface area contributed by atoms with Crippen LogP contribution in [0.3, 0.4) is 0 Å². The Labute approximate surface area is 94.9 Å². The van der Waals surface area contributed by atoms with Gasteiger partial charge in [-0.3, -0.25) is 4.79 Å². The van der Waals surface area contributed by atoms with Crippen LogP contribution in [0.15, 0.2) is 6.20 Å². The third kappa shape index (κ3) is 3.25. The van der Waals surface area contributed by atoms with E-state index in [9.17, 15) is 4.79 Å². The summed E-state index contributed by atoms with van der Waals surface area (Å²) < 4.78 is 0. The van der Waals surface area contributed by atoms with Crippen LogP contribution >= 0.6 is 0 Å². The minimum absolute atomic E-state index is 0.100. The van der Waals surface area contributed by atoms with Crippen molar-refractivity contribution in [2.24, 2.45) is 5.92 Å². The fourth-order valence-corrected chi connectivity index (χ4v) is 1.15. The van der Waals surface area contributed by atoms with Crippen LogP contribution in [0.2, 0.25) is 0 Å². The minimum atomic E-state index is -0.843. The van der Waals surface area contributed by atoms with Gasteiger partial charge in [-0.1, -0.05) is 27.7 Å². The summed E-state index contributed by atoms with van der Waals surface area (Å²) in [5, 5.41) is 16.5. The molecule has 0 aromatic carbocycles. The highest BCUT2D eigenvalue weighted by molar-refractivity contribution is 5.69. The number of rotatable bonds is 3. The molecule has 1 rings (SSSR count). The average Bonchev–Trinajstić information content (AvgIpc) is 2.16. The first-order valence-electron chi connectivity index (χ1n) is 5.22. The van der Waals surface area contributed by atoms with Crippen LogP contribution in [0.5, 0.6) is 0 Å². The number of nitrogens with zero attached hydrogens (tertiary/aromatic N) is 3. The molecule has 1 N–H and O–H groups in total. The summed E-state index contributed by atoms with van der Waals surface area (Å²) in [5.41, 5.74) is 0.729. The largest absolute Gasteiger partial charge is 0.481 e. The zero-order chi connectivity index (χ0) is 12.3.